The number of nitrogens with zero attached hydrogens (tertiary/aromatic N) is 5. The number of hydrogen-bond donors (Lipinski definition) is 0. The molecule has 0 atom stereocenters. The monoisotopic (exact) mass is 329 g/mol. The van der Waals surface area contributed by atoms with Crippen molar-refractivity contribution < 1.29 is 9.72 Å². The van der Waals surface area contributed by atoms with Crippen molar-refractivity contribution in [3.05, 3.63) is 51.8 Å². The summed E-state index contributed by atoms with van der Waals surface area (Å²) in [4.78, 5) is 31.5. The second kappa shape index (κ2) is 6.31. The van der Waals surface area contributed by atoms with Crippen molar-refractivity contribution in [3.63, 3.8) is 0 Å². The summed E-state index contributed by atoms with van der Waals surface area (Å²) in [5.41, 5.74) is 0.846. The minimum absolute atomic E-state index is 0.142. The number of imidazole rings is 1. The Labute approximate surface area is 139 Å². The van der Waals surface area contributed by atoms with Gasteiger partial charge in [0.2, 0.25) is 5.95 Å². The second-order valence-electron chi connectivity index (χ2n) is 5.90. The fourth-order valence-electron chi connectivity index (χ4n) is 2.92. The number of nitro benzene ring substituents is 1. The first-order chi connectivity index (χ1) is 11.5. The summed E-state index contributed by atoms with van der Waals surface area (Å²) in [5.74, 6) is 0.577. The van der Waals surface area contributed by atoms with E-state index in [9.17, 15) is 14.9 Å². The lowest BCUT2D eigenvalue weighted by atomic mass is 10.1. The maximum absolute atomic E-state index is 12.7. The summed E-state index contributed by atoms with van der Waals surface area (Å²) in [6.07, 6.45) is 3.62. The van der Waals surface area contributed by atoms with Crippen LogP contribution in [0, 0.1) is 17.0 Å². The number of aromatic nitrogens is 2. The molecule has 1 aromatic carbocycles. The van der Waals surface area contributed by atoms with Crippen LogP contribution < -0.4 is 4.90 Å². The number of carbonyl (C=O) groups is 1. The van der Waals surface area contributed by atoms with E-state index < -0.39 is 4.92 Å². The molecule has 0 radical (unpaired) electrons. The van der Waals surface area contributed by atoms with Crippen LogP contribution >= 0.6 is 0 Å². The fourth-order valence-corrected chi connectivity index (χ4v) is 2.92. The Morgan fingerprint density at radius 3 is 2.54 bits per heavy atom. The summed E-state index contributed by atoms with van der Waals surface area (Å²) < 4.78 is 1.93. The van der Waals surface area contributed by atoms with E-state index in [1.54, 1.807) is 23.2 Å². The Morgan fingerprint density at radius 2 is 1.96 bits per heavy atom. The van der Waals surface area contributed by atoms with Gasteiger partial charge in [-0.1, -0.05) is 6.07 Å². The molecule has 1 aliphatic heterocycles. The van der Waals surface area contributed by atoms with Crippen molar-refractivity contribution in [1.29, 1.82) is 0 Å². The predicted molar refractivity (Wildman–Crippen MR) is 89.2 cm³/mol. The summed E-state index contributed by atoms with van der Waals surface area (Å²) in [6, 6.07) is 4.63. The van der Waals surface area contributed by atoms with Crippen LogP contribution in [0.15, 0.2) is 30.6 Å². The highest BCUT2D eigenvalue weighted by Gasteiger charge is 2.28. The van der Waals surface area contributed by atoms with E-state index in [-0.39, 0.29) is 17.2 Å². The first-order valence-corrected chi connectivity index (χ1v) is 7.74. The van der Waals surface area contributed by atoms with E-state index in [0.717, 1.165) is 11.5 Å². The fraction of sp³-hybridized carbons (Fsp3) is 0.375. The van der Waals surface area contributed by atoms with Gasteiger partial charge in [-0.15, -0.1) is 0 Å². The van der Waals surface area contributed by atoms with E-state index in [2.05, 4.69) is 9.88 Å². The zero-order chi connectivity index (χ0) is 17.3. The first kappa shape index (κ1) is 16.0. The summed E-state index contributed by atoms with van der Waals surface area (Å²) in [6.45, 7) is 4.14. The minimum Gasteiger partial charge on any atom is -0.339 e. The molecular weight excluding hydrogens is 310 g/mol. The number of amides is 1. The van der Waals surface area contributed by atoms with Crippen molar-refractivity contribution in [2.45, 2.75) is 6.92 Å². The third-order valence-electron chi connectivity index (χ3n) is 4.22. The quantitative estimate of drug-likeness (QED) is 0.631. The lowest BCUT2D eigenvalue weighted by Crippen LogP contribution is -2.49. The highest BCUT2D eigenvalue weighted by Crippen LogP contribution is 2.23. The first-order valence-electron chi connectivity index (χ1n) is 7.74. The zero-order valence-electron chi connectivity index (χ0n) is 13.7. The molecule has 0 bridgehead atoms. The van der Waals surface area contributed by atoms with Crippen LogP contribution in [0.5, 0.6) is 0 Å². The maximum Gasteiger partial charge on any atom is 0.282 e. The Bertz CT molecular complexity index is 778. The largest absolute Gasteiger partial charge is 0.339 e. The van der Waals surface area contributed by atoms with Gasteiger partial charge < -0.3 is 14.4 Å². The van der Waals surface area contributed by atoms with Crippen LogP contribution in [0.3, 0.4) is 0 Å². The lowest BCUT2D eigenvalue weighted by Gasteiger charge is -2.35. The van der Waals surface area contributed by atoms with Gasteiger partial charge in [0.15, 0.2) is 0 Å². The van der Waals surface area contributed by atoms with Gasteiger partial charge in [0.1, 0.15) is 5.56 Å². The number of anilines is 1. The van der Waals surface area contributed by atoms with Gasteiger partial charge in [-0.2, -0.15) is 0 Å². The number of benzene rings is 1. The second-order valence-corrected chi connectivity index (χ2v) is 5.90. The van der Waals surface area contributed by atoms with E-state index >= 15 is 0 Å². The molecule has 1 amide bonds. The Balaban J connectivity index is 1.75. The highest BCUT2D eigenvalue weighted by molar-refractivity contribution is 5.98. The summed E-state index contributed by atoms with van der Waals surface area (Å²) in [5, 5.41) is 11.2. The van der Waals surface area contributed by atoms with Crippen LogP contribution in [0.1, 0.15) is 15.9 Å². The molecule has 0 saturated carbocycles. The Morgan fingerprint density at radius 1 is 1.25 bits per heavy atom. The number of hydrogen-bond acceptors (Lipinski definition) is 5. The molecule has 8 heteroatoms. The molecule has 24 heavy (non-hydrogen) atoms. The van der Waals surface area contributed by atoms with Crippen molar-refractivity contribution in [3.8, 4) is 0 Å². The van der Waals surface area contributed by atoms with E-state index in [4.69, 9.17) is 0 Å². The molecule has 0 N–H and O–H groups in total. The molecule has 8 nitrogen and oxygen atoms in total. The molecule has 1 saturated heterocycles. The van der Waals surface area contributed by atoms with Gasteiger partial charge in [-0.05, 0) is 18.6 Å². The van der Waals surface area contributed by atoms with Gasteiger partial charge in [-0.3, -0.25) is 14.9 Å². The smallest absolute Gasteiger partial charge is 0.282 e. The van der Waals surface area contributed by atoms with E-state index in [1.807, 2.05) is 24.7 Å². The van der Waals surface area contributed by atoms with Crippen LogP contribution in [0.2, 0.25) is 0 Å². The molecule has 2 heterocycles. The van der Waals surface area contributed by atoms with Crippen molar-refractivity contribution in [1.82, 2.24) is 14.5 Å². The molecule has 1 fully saturated rings. The van der Waals surface area contributed by atoms with E-state index in [0.29, 0.717) is 26.2 Å². The topological polar surface area (TPSA) is 84.5 Å². The van der Waals surface area contributed by atoms with Crippen molar-refractivity contribution in [2.75, 3.05) is 31.1 Å². The third-order valence-corrected chi connectivity index (χ3v) is 4.22. The number of nitro groups is 1. The van der Waals surface area contributed by atoms with Crippen LogP contribution in [0.25, 0.3) is 0 Å². The maximum atomic E-state index is 12.7. The average Bonchev–Trinajstić information content (AvgIpc) is 3.00. The predicted octanol–water partition coefficient (Wildman–Crippen LogP) is 1.60. The molecule has 0 aliphatic carbocycles. The standard InChI is InChI=1S/C16H19N5O3/c1-12-3-4-14(21(23)24)13(11-12)15(22)19-7-9-20(10-8-19)16-17-5-6-18(16)2/h3-6,11H,7-10H2,1-2H3. The normalized spacial score (nSPS) is 14.8. The number of carbonyl (C=O) groups excluding carboxylic acids is 1. The van der Waals surface area contributed by atoms with Crippen molar-refractivity contribution in [2.24, 2.45) is 7.05 Å². The third kappa shape index (κ3) is 2.94. The Hall–Kier alpha value is -2.90. The molecule has 1 aromatic heterocycles. The summed E-state index contributed by atoms with van der Waals surface area (Å²) >= 11 is 0. The minimum atomic E-state index is -0.503. The van der Waals surface area contributed by atoms with Crippen molar-refractivity contribution >= 4 is 17.5 Å². The van der Waals surface area contributed by atoms with Gasteiger partial charge in [0, 0.05) is 51.7 Å². The van der Waals surface area contributed by atoms with E-state index in [1.165, 1.54) is 6.07 Å². The molecule has 1 aliphatic rings. The summed E-state index contributed by atoms with van der Waals surface area (Å²) in [7, 11) is 1.93. The zero-order valence-corrected chi connectivity index (χ0v) is 13.7. The molecule has 126 valence electrons. The van der Waals surface area contributed by atoms with Crippen LogP contribution in [0.4, 0.5) is 11.6 Å². The Kier molecular flexibility index (Phi) is 4.20. The van der Waals surface area contributed by atoms with Gasteiger partial charge in [-0.25, -0.2) is 4.98 Å². The molecular formula is C16H19N5O3. The highest BCUT2D eigenvalue weighted by atomic mass is 16.6. The van der Waals surface area contributed by atoms with Gasteiger partial charge in [0.05, 0.1) is 4.92 Å². The lowest BCUT2D eigenvalue weighted by molar-refractivity contribution is -0.385. The van der Waals surface area contributed by atoms with Crippen LogP contribution in [-0.2, 0) is 7.05 Å². The molecule has 0 unspecified atom stereocenters. The number of rotatable bonds is 3. The average molecular weight is 329 g/mol. The van der Waals surface area contributed by atoms with Crippen LogP contribution in [-0.4, -0.2) is 51.5 Å². The molecule has 2 aromatic rings. The molecule has 0 spiro atoms. The number of piperazine rings is 1. The number of aryl methyl sites for hydroxylation is 2. The SMILES string of the molecule is Cc1ccc([N+](=O)[O-])c(C(=O)N2CCN(c3nccn3C)CC2)c1. The van der Waals surface area contributed by atoms with Gasteiger partial charge in [0.25, 0.3) is 11.6 Å². The van der Waals surface area contributed by atoms with Gasteiger partial charge >= 0.3 is 0 Å². The molecule has 3 rings (SSSR count).